The van der Waals surface area contributed by atoms with Crippen LogP contribution in [0.1, 0.15) is 30.4 Å². The van der Waals surface area contributed by atoms with Gasteiger partial charge in [-0.2, -0.15) is 0 Å². The van der Waals surface area contributed by atoms with E-state index in [0.29, 0.717) is 0 Å². The van der Waals surface area contributed by atoms with Crippen LogP contribution in [0.2, 0.25) is 0 Å². The predicted octanol–water partition coefficient (Wildman–Crippen LogP) is 2.02. The molecule has 1 saturated heterocycles. The Kier molecular flexibility index (Phi) is 3.95. The molecular weight excluding hydrogens is 250 g/mol. The van der Waals surface area contributed by atoms with Gasteiger partial charge >= 0.3 is 0 Å². The minimum absolute atomic E-state index is 0.122. The van der Waals surface area contributed by atoms with Gasteiger partial charge in [0.15, 0.2) is 0 Å². The lowest BCUT2D eigenvalue weighted by atomic mass is 10.1. The maximum Gasteiger partial charge on any atom is 0.134 e. The number of methoxy groups -OCH3 is 1. The van der Waals surface area contributed by atoms with Crippen molar-refractivity contribution in [1.29, 1.82) is 0 Å². The average Bonchev–Trinajstić information content (AvgIpc) is 3.08. The highest BCUT2D eigenvalue weighted by molar-refractivity contribution is 5.48. The van der Waals surface area contributed by atoms with Gasteiger partial charge in [-0.1, -0.05) is 17.9 Å². The molecule has 1 aliphatic heterocycles. The molecule has 1 saturated carbocycles. The smallest absolute Gasteiger partial charge is 0.134 e. The van der Waals surface area contributed by atoms with Gasteiger partial charge in [0.2, 0.25) is 0 Å². The molecule has 2 aliphatic rings. The molecule has 1 N–H and O–H groups in total. The lowest BCUT2D eigenvalue weighted by Crippen LogP contribution is -2.31. The SMILES string of the molecule is COc1ccc(CN2CC3CCC2C3)cc1C#CCO. The van der Waals surface area contributed by atoms with Gasteiger partial charge in [-0.25, -0.2) is 0 Å². The van der Waals surface area contributed by atoms with Crippen molar-refractivity contribution in [2.75, 3.05) is 20.3 Å². The normalized spacial score (nSPS) is 24.5. The van der Waals surface area contributed by atoms with Gasteiger partial charge in [0, 0.05) is 19.1 Å². The Morgan fingerprint density at radius 2 is 2.30 bits per heavy atom. The monoisotopic (exact) mass is 271 g/mol. The Morgan fingerprint density at radius 3 is 2.95 bits per heavy atom. The van der Waals surface area contributed by atoms with Crippen LogP contribution >= 0.6 is 0 Å². The lowest BCUT2D eigenvalue weighted by molar-refractivity contribution is 0.205. The highest BCUT2D eigenvalue weighted by atomic mass is 16.5. The zero-order valence-corrected chi connectivity index (χ0v) is 11.9. The Balaban J connectivity index is 1.76. The molecule has 1 aliphatic carbocycles. The molecule has 20 heavy (non-hydrogen) atoms. The van der Waals surface area contributed by atoms with E-state index in [4.69, 9.17) is 9.84 Å². The summed E-state index contributed by atoms with van der Waals surface area (Å²) in [4.78, 5) is 2.60. The Labute approximate surface area is 120 Å². The number of likely N-dealkylation sites (tertiary alicyclic amines) is 1. The summed E-state index contributed by atoms with van der Waals surface area (Å²) < 4.78 is 5.32. The van der Waals surface area contributed by atoms with Crippen LogP contribution in [0.4, 0.5) is 0 Å². The summed E-state index contributed by atoms with van der Waals surface area (Å²) in [5, 5.41) is 8.84. The number of rotatable bonds is 3. The fourth-order valence-corrected chi connectivity index (χ4v) is 3.54. The van der Waals surface area contributed by atoms with Crippen molar-refractivity contribution in [3.63, 3.8) is 0 Å². The van der Waals surface area contributed by atoms with Gasteiger partial charge in [0.25, 0.3) is 0 Å². The summed E-state index contributed by atoms with van der Waals surface area (Å²) in [6.07, 6.45) is 4.16. The molecule has 3 nitrogen and oxygen atoms in total. The number of hydrogen-bond donors (Lipinski definition) is 1. The first-order valence-electron chi connectivity index (χ1n) is 7.31. The van der Waals surface area contributed by atoms with E-state index in [2.05, 4.69) is 28.9 Å². The standard InChI is InChI=1S/C17H21NO2/c1-20-17-7-5-13(9-15(17)3-2-8-19)11-18-12-14-4-6-16(18)10-14/h5,7,9,14,16,19H,4,6,8,10-12H2,1H3. The second-order valence-corrected chi connectivity index (χ2v) is 5.76. The van der Waals surface area contributed by atoms with Crippen molar-refractivity contribution < 1.29 is 9.84 Å². The van der Waals surface area contributed by atoms with E-state index in [0.717, 1.165) is 29.8 Å². The third-order valence-electron chi connectivity index (χ3n) is 4.47. The number of nitrogens with zero attached hydrogens (tertiary/aromatic N) is 1. The molecule has 1 heterocycles. The van der Waals surface area contributed by atoms with Crippen LogP contribution in [0, 0.1) is 17.8 Å². The molecule has 0 amide bonds. The molecule has 0 spiro atoms. The molecular formula is C17H21NO2. The number of ether oxygens (including phenoxy) is 1. The second kappa shape index (κ2) is 5.87. The Bertz CT molecular complexity index is 544. The first-order chi connectivity index (χ1) is 9.80. The molecule has 1 aromatic carbocycles. The predicted molar refractivity (Wildman–Crippen MR) is 78.5 cm³/mol. The van der Waals surface area contributed by atoms with Crippen LogP contribution in [0.15, 0.2) is 18.2 Å². The first kappa shape index (κ1) is 13.5. The van der Waals surface area contributed by atoms with Crippen molar-refractivity contribution in [2.24, 2.45) is 5.92 Å². The van der Waals surface area contributed by atoms with Crippen LogP contribution in [-0.2, 0) is 6.54 Å². The van der Waals surface area contributed by atoms with Crippen LogP contribution in [0.3, 0.4) is 0 Å². The zero-order valence-electron chi connectivity index (χ0n) is 11.9. The fraction of sp³-hybridized carbons (Fsp3) is 0.529. The molecule has 3 heteroatoms. The maximum atomic E-state index is 8.84. The topological polar surface area (TPSA) is 32.7 Å². The van der Waals surface area contributed by atoms with Crippen LogP contribution < -0.4 is 4.74 Å². The lowest BCUT2D eigenvalue weighted by Gasteiger charge is -2.26. The van der Waals surface area contributed by atoms with Gasteiger partial charge in [-0.05, 0) is 42.9 Å². The average molecular weight is 271 g/mol. The highest BCUT2D eigenvalue weighted by Crippen LogP contribution is 2.38. The summed E-state index contributed by atoms with van der Waals surface area (Å²) in [5.74, 6) is 7.37. The van der Waals surface area contributed by atoms with E-state index in [1.54, 1.807) is 7.11 Å². The van der Waals surface area contributed by atoms with Crippen LogP contribution in [0.25, 0.3) is 0 Å². The van der Waals surface area contributed by atoms with Crippen molar-refractivity contribution >= 4 is 0 Å². The number of fused-ring (bicyclic) bond motifs is 2. The third-order valence-corrected chi connectivity index (χ3v) is 4.47. The van der Waals surface area contributed by atoms with Crippen LogP contribution in [-0.4, -0.2) is 36.3 Å². The third kappa shape index (κ3) is 2.67. The van der Waals surface area contributed by atoms with Crippen LogP contribution in [0.5, 0.6) is 5.75 Å². The van der Waals surface area contributed by atoms with Crippen molar-refractivity contribution in [2.45, 2.75) is 31.8 Å². The van der Waals surface area contributed by atoms with Gasteiger partial charge in [0.05, 0.1) is 12.7 Å². The molecule has 1 aromatic rings. The van der Waals surface area contributed by atoms with Gasteiger partial charge in [-0.15, -0.1) is 0 Å². The number of aliphatic hydroxyl groups is 1. The van der Waals surface area contributed by atoms with E-state index in [1.807, 2.05) is 6.07 Å². The van der Waals surface area contributed by atoms with E-state index >= 15 is 0 Å². The molecule has 0 aromatic heterocycles. The van der Waals surface area contributed by atoms with Gasteiger partial charge in [0.1, 0.15) is 12.4 Å². The minimum Gasteiger partial charge on any atom is -0.495 e. The van der Waals surface area contributed by atoms with Crippen molar-refractivity contribution in [3.05, 3.63) is 29.3 Å². The summed E-state index contributed by atoms with van der Waals surface area (Å²) in [6, 6.07) is 6.97. The quantitative estimate of drug-likeness (QED) is 0.854. The van der Waals surface area contributed by atoms with Crippen molar-refractivity contribution in [3.8, 4) is 17.6 Å². The second-order valence-electron chi connectivity index (χ2n) is 5.76. The Morgan fingerprint density at radius 1 is 1.40 bits per heavy atom. The van der Waals surface area contributed by atoms with E-state index in [-0.39, 0.29) is 6.61 Å². The molecule has 3 rings (SSSR count). The van der Waals surface area contributed by atoms with E-state index in [9.17, 15) is 0 Å². The maximum absolute atomic E-state index is 8.84. The highest BCUT2D eigenvalue weighted by Gasteiger charge is 2.37. The van der Waals surface area contributed by atoms with Gasteiger partial charge in [-0.3, -0.25) is 4.90 Å². The summed E-state index contributed by atoms with van der Waals surface area (Å²) in [6.45, 7) is 2.12. The van der Waals surface area contributed by atoms with E-state index in [1.165, 1.54) is 31.4 Å². The molecule has 2 unspecified atom stereocenters. The summed E-state index contributed by atoms with van der Waals surface area (Å²) in [5.41, 5.74) is 2.14. The van der Waals surface area contributed by atoms with Crippen molar-refractivity contribution in [1.82, 2.24) is 4.90 Å². The largest absolute Gasteiger partial charge is 0.495 e. The number of aliphatic hydroxyl groups excluding tert-OH is 1. The fourth-order valence-electron chi connectivity index (χ4n) is 3.54. The molecule has 2 bridgehead atoms. The molecule has 0 radical (unpaired) electrons. The first-order valence-corrected chi connectivity index (χ1v) is 7.31. The zero-order chi connectivity index (χ0) is 13.9. The minimum atomic E-state index is -0.122. The van der Waals surface area contributed by atoms with Gasteiger partial charge < -0.3 is 9.84 Å². The summed E-state index contributed by atoms with van der Waals surface area (Å²) >= 11 is 0. The number of hydrogen-bond acceptors (Lipinski definition) is 3. The molecule has 106 valence electrons. The number of piperidine rings is 1. The molecule has 2 atom stereocenters. The molecule has 2 fully saturated rings. The van der Waals surface area contributed by atoms with E-state index < -0.39 is 0 Å². The Hall–Kier alpha value is -1.50. The summed E-state index contributed by atoms with van der Waals surface area (Å²) in [7, 11) is 1.65. The number of benzene rings is 1.